The second-order valence-corrected chi connectivity index (χ2v) is 18.6. The number of pyridine rings is 1. The van der Waals surface area contributed by atoms with Crippen molar-refractivity contribution in [2.24, 2.45) is 0 Å². The van der Waals surface area contributed by atoms with Gasteiger partial charge in [0.1, 0.15) is 11.4 Å². The number of rotatable bonds is 16. The molecule has 0 bridgehead atoms. The van der Waals surface area contributed by atoms with Gasteiger partial charge in [0.05, 0.1) is 48.9 Å². The maximum absolute atomic E-state index is 13.5. The summed E-state index contributed by atoms with van der Waals surface area (Å²) < 4.78 is 75.8. The van der Waals surface area contributed by atoms with Crippen LogP contribution in [0.1, 0.15) is 83.6 Å². The van der Waals surface area contributed by atoms with Gasteiger partial charge in [0.15, 0.2) is 0 Å². The number of ether oxygens (including phenoxy) is 2. The predicted molar refractivity (Wildman–Crippen MR) is 250 cm³/mol. The number of halogens is 6. The van der Waals surface area contributed by atoms with E-state index in [9.17, 15) is 45.8 Å². The van der Waals surface area contributed by atoms with Crippen molar-refractivity contribution in [3.63, 3.8) is 0 Å². The number of phenolic OH excluding ortho intramolecular Hbond substituents is 1. The molecule has 0 unspecified atom stereocenters. The summed E-state index contributed by atoms with van der Waals surface area (Å²) in [4.78, 5) is 69.8. The van der Waals surface area contributed by atoms with Crippen LogP contribution in [0.15, 0.2) is 58.7 Å². The van der Waals surface area contributed by atoms with Crippen molar-refractivity contribution in [3.8, 4) is 5.75 Å². The average molecular weight is 1030 g/mol. The quantitative estimate of drug-likeness (QED) is 0.0584. The second kappa shape index (κ2) is 26.2. The molecule has 2 aliphatic heterocycles. The highest BCUT2D eigenvalue weighted by atomic mass is 32.1. The van der Waals surface area contributed by atoms with Crippen LogP contribution in [0, 0.1) is 6.92 Å². The average Bonchev–Trinajstić information content (AvgIpc) is 3.77. The number of likely N-dealkylation sites (tertiary alicyclic amines) is 1. The minimum Gasteiger partial charge on any atom is -0.506 e. The Morgan fingerprint density at radius 1 is 0.915 bits per heavy atom. The minimum atomic E-state index is -5.08. The first kappa shape index (κ1) is 56.3. The summed E-state index contributed by atoms with van der Waals surface area (Å²) >= 11 is 1.51. The van der Waals surface area contributed by atoms with E-state index in [-0.39, 0.29) is 34.8 Å². The standard InChI is InChI=1S/C44H58N6O6S.2C2HF3O2/c1-32-46-38(30-57-32)43(54)49-24-27-56-44(31-49)17-21-48(22-18-44)29-34-7-5-6-33(28-34)15-25-55-26-16-41(53)50(36-8-3-2-4-9-36)23-20-45-19-14-35-10-12-39(51)42-37(35)11-13-40(52)47-42;2*3-2(4,5)1(6)7/h5-7,10-13,28,30,36,45,51H,2-4,8-9,14-27,29,31H2,1H3,(H,47,52);2*(H,6,7). The summed E-state index contributed by atoms with van der Waals surface area (Å²) in [6.07, 6.45) is -0.783. The summed E-state index contributed by atoms with van der Waals surface area (Å²) in [5.41, 5.74) is 4.06. The topological polar surface area (TPSA) is 215 Å². The lowest BCUT2D eigenvalue weighted by atomic mass is 9.89. The Hall–Kier alpha value is -5.62. The fourth-order valence-electron chi connectivity index (χ4n) is 8.77. The number of H-pyrrole nitrogens is 1. The van der Waals surface area contributed by atoms with E-state index in [2.05, 4.69) is 49.4 Å². The van der Waals surface area contributed by atoms with Gasteiger partial charge in [-0.15, -0.1) is 11.3 Å². The SMILES string of the molecule is Cc1nc(C(=O)N2CCOC3(CCN(Cc4cccc(CCOCCC(=O)N(CCNCCc5ccc(O)c6[nH]c(=O)ccc56)C5CCCCC5)c4)CC3)C2)cs1.O=C(O)C(F)(F)F.O=C(O)C(F)(F)F. The van der Waals surface area contributed by atoms with Crippen molar-refractivity contribution in [3.05, 3.63) is 91.7 Å². The fourth-order valence-corrected chi connectivity index (χ4v) is 9.35. The number of carboxylic acid groups (broad SMARTS) is 2. The molecule has 4 heterocycles. The van der Waals surface area contributed by atoms with Crippen LogP contribution >= 0.6 is 11.3 Å². The normalized spacial score (nSPS) is 16.4. The van der Waals surface area contributed by atoms with Crippen LogP contribution in [0.4, 0.5) is 26.3 Å². The van der Waals surface area contributed by atoms with Crippen LogP contribution in [0.2, 0.25) is 0 Å². The Morgan fingerprint density at radius 3 is 2.24 bits per heavy atom. The number of thiazole rings is 1. The summed E-state index contributed by atoms with van der Waals surface area (Å²) in [5.74, 6) is -5.27. The number of carbonyl (C=O) groups excluding carboxylic acids is 2. The Labute approximate surface area is 409 Å². The number of piperidine rings is 1. The number of phenols is 1. The molecule has 3 aliphatic rings. The van der Waals surface area contributed by atoms with E-state index in [4.69, 9.17) is 29.3 Å². The Morgan fingerprint density at radius 2 is 1.59 bits per heavy atom. The molecule has 2 amide bonds. The summed E-state index contributed by atoms with van der Waals surface area (Å²) in [6, 6.07) is 15.8. The van der Waals surface area contributed by atoms with E-state index in [0.717, 1.165) is 93.5 Å². The van der Waals surface area contributed by atoms with E-state index < -0.39 is 24.3 Å². The van der Waals surface area contributed by atoms with Crippen molar-refractivity contribution in [2.45, 2.75) is 102 Å². The summed E-state index contributed by atoms with van der Waals surface area (Å²) in [5, 5.41) is 31.6. The number of carbonyl (C=O) groups is 4. The maximum Gasteiger partial charge on any atom is 0.490 e. The molecular weight excluding hydrogens is 967 g/mol. The van der Waals surface area contributed by atoms with E-state index >= 15 is 0 Å². The van der Waals surface area contributed by atoms with Crippen LogP contribution in [0.5, 0.6) is 5.75 Å². The minimum absolute atomic E-state index is 0.0121. The number of aromatic hydroxyl groups is 1. The van der Waals surface area contributed by atoms with Crippen molar-refractivity contribution >= 4 is 46.0 Å². The van der Waals surface area contributed by atoms with Crippen molar-refractivity contribution in [2.75, 3.05) is 65.6 Å². The molecular formula is C48H60F6N6O10S. The van der Waals surface area contributed by atoms with Crippen LogP contribution in [-0.2, 0) is 43.2 Å². The first-order valence-electron chi connectivity index (χ1n) is 23.3. The third-order valence-electron chi connectivity index (χ3n) is 12.4. The van der Waals surface area contributed by atoms with Gasteiger partial charge in [0, 0.05) is 62.1 Å². The molecule has 2 aromatic carbocycles. The summed E-state index contributed by atoms with van der Waals surface area (Å²) in [7, 11) is 0. The lowest BCUT2D eigenvalue weighted by molar-refractivity contribution is -0.193. The molecule has 2 aromatic heterocycles. The predicted octanol–water partition coefficient (Wildman–Crippen LogP) is 6.72. The number of nitrogens with one attached hydrogen (secondary N) is 2. The number of aliphatic carboxylic acids is 2. The number of amides is 2. The van der Waals surface area contributed by atoms with Gasteiger partial charge >= 0.3 is 24.3 Å². The number of morpholine rings is 1. The lowest BCUT2D eigenvalue weighted by Crippen LogP contribution is -2.58. The number of benzene rings is 2. The van der Waals surface area contributed by atoms with Gasteiger partial charge in [-0.25, -0.2) is 14.6 Å². The Balaban J connectivity index is 0.000000586. The number of aryl methyl sites for hydroxylation is 1. The van der Waals surface area contributed by atoms with Gasteiger partial charge in [-0.1, -0.05) is 49.6 Å². The highest BCUT2D eigenvalue weighted by Gasteiger charge is 2.42. The number of fused-ring (bicyclic) bond motifs is 1. The number of carboxylic acids is 2. The molecule has 1 aliphatic carbocycles. The molecule has 71 heavy (non-hydrogen) atoms. The Kier molecular flexibility index (Phi) is 20.8. The molecule has 16 nitrogen and oxygen atoms in total. The number of hydrogen-bond donors (Lipinski definition) is 5. The van der Waals surface area contributed by atoms with Gasteiger partial charge in [-0.3, -0.25) is 19.3 Å². The van der Waals surface area contributed by atoms with Gasteiger partial charge in [0.2, 0.25) is 11.5 Å². The molecule has 7 rings (SSSR count). The van der Waals surface area contributed by atoms with Crippen LogP contribution in [0.3, 0.4) is 0 Å². The lowest BCUT2D eigenvalue weighted by Gasteiger charge is -2.47. The highest BCUT2D eigenvalue weighted by molar-refractivity contribution is 7.09. The zero-order valence-electron chi connectivity index (χ0n) is 39.3. The van der Waals surface area contributed by atoms with Crippen molar-refractivity contribution < 1.29 is 70.3 Å². The van der Waals surface area contributed by atoms with Crippen LogP contribution in [0.25, 0.3) is 10.9 Å². The summed E-state index contributed by atoms with van der Waals surface area (Å²) in [6.45, 7) is 9.53. The van der Waals surface area contributed by atoms with Crippen LogP contribution < -0.4 is 10.9 Å². The van der Waals surface area contributed by atoms with Crippen molar-refractivity contribution in [1.29, 1.82) is 0 Å². The number of aromatic nitrogens is 2. The first-order valence-corrected chi connectivity index (χ1v) is 24.2. The largest absolute Gasteiger partial charge is 0.506 e. The smallest absolute Gasteiger partial charge is 0.490 e. The molecule has 5 N–H and O–H groups in total. The molecule has 2 saturated heterocycles. The van der Waals surface area contributed by atoms with Gasteiger partial charge in [-0.05, 0) is 80.8 Å². The van der Waals surface area contributed by atoms with Crippen molar-refractivity contribution in [1.82, 2.24) is 30.0 Å². The zero-order chi connectivity index (χ0) is 51.8. The third-order valence-corrected chi connectivity index (χ3v) is 13.2. The molecule has 3 fully saturated rings. The highest BCUT2D eigenvalue weighted by Crippen LogP contribution is 2.32. The molecule has 23 heteroatoms. The zero-order valence-corrected chi connectivity index (χ0v) is 40.1. The van der Waals surface area contributed by atoms with Gasteiger partial charge < -0.3 is 44.9 Å². The van der Waals surface area contributed by atoms with E-state index in [1.807, 2.05) is 23.3 Å². The molecule has 1 saturated carbocycles. The molecule has 0 radical (unpaired) electrons. The van der Waals surface area contributed by atoms with Gasteiger partial charge in [-0.2, -0.15) is 26.3 Å². The molecule has 1 spiro atoms. The number of aromatic amines is 1. The van der Waals surface area contributed by atoms with Gasteiger partial charge in [0.25, 0.3) is 5.91 Å². The second-order valence-electron chi connectivity index (χ2n) is 17.6. The molecule has 4 aromatic rings. The number of alkyl halides is 6. The Bertz CT molecular complexity index is 2430. The maximum atomic E-state index is 13.5. The number of nitrogens with zero attached hydrogens (tertiary/aromatic N) is 4. The van der Waals surface area contributed by atoms with E-state index in [1.165, 1.54) is 35.0 Å². The molecule has 390 valence electrons. The molecule has 0 atom stereocenters. The third kappa shape index (κ3) is 17.6. The monoisotopic (exact) mass is 1030 g/mol. The number of hydrogen-bond acceptors (Lipinski definition) is 12. The fraction of sp³-hybridized carbons (Fsp3) is 0.542. The van der Waals surface area contributed by atoms with E-state index in [1.54, 1.807) is 12.1 Å². The van der Waals surface area contributed by atoms with Crippen LogP contribution in [-0.4, -0.2) is 153 Å². The first-order chi connectivity index (χ1) is 33.6. The van der Waals surface area contributed by atoms with E-state index in [0.29, 0.717) is 63.6 Å².